The number of hydrogen-bond donors (Lipinski definition) is 2. The number of methoxy groups -OCH3 is 1. The van der Waals surface area contributed by atoms with E-state index in [1.165, 1.54) is 5.56 Å². The summed E-state index contributed by atoms with van der Waals surface area (Å²) < 4.78 is 6.97. The van der Waals surface area contributed by atoms with Crippen molar-refractivity contribution in [2.45, 2.75) is 19.9 Å². The zero-order valence-corrected chi connectivity index (χ0v) is 11.6. The first-order valence-electron chi connectivity index (χ1n) is 6.32. The third-order valence-electron chi connectivity index (χ3n) is 3.05. The van der Waals surface area contributed by atoms with Crippen LogP contribution in [-0.4, -0.2) is 16.9 Å². The Morgan fingerprint density at radius 2 is 2.21 bits per heavy atom. The number of benzene rings is 1. The highest BCUT2D eigenvalue weighted by Crippen LogP contribution is 2.24. The lowest BCUT2D eigenvalue weighted by atomic mass is 10.2. The second-order valence-electron chi connectivity index (χ2n) is 4.43. The predicted octanol–water partition coefficient (Wildman–Crippen LogP) is 2.19. The van der Waals surface area contributed by atoms with Crippen LogP contribution in [0.3, 0.4) is 0 Å². The zero-order valence-electron chi connectivity index (χ0n) is 11.6. The van der Waals surface area contributed by atoms with E-state index in [1.54, 1.807) is 7.11 Å². The van der Waals surface area contributed by atoms with E-state index in [-0.39, 0.29) is 0 Å². The molecule has 0 saturated carbocycles. The highest BCUT2D eigenvalue weighted by molar-refractivity contribution is 5.68. The van der Waals surface area contributed by atoms with E-state index in [4.69, 9.17) is 10.5 Å². The van der Waals surface area contributed by atoms with Gasteiger partial charge in [0.25, 0.3) is 0 Å². The standard InChI is InChI=1S/C14H20N4O/c1-4-13-10(9-18(2)17-13)8-16-14-6-5-11(19-3)7-12(14)15/h5-7,9,16H,4,8,15H2,1-3H3. The maximum atomic E-state index is 5.97. The van der Waals surface area contributed by atoms with Gasteiger partial charge in [0.05, 0.1) is 24.2 Å². The third-order valence-corrected chi connectivity index (χ3v) is 3.05. The third kappa shape index (κ3) is 2.99. The molecule has 1 heterocycles. The summed E-state index contributed by atoms with van der Waals surface area (Å²) in [4.78, 5) is 0. The molecule has 0 aliphatic carbocycles. The van der Waals surface area contributed by atoms with Crippen LogP contribution in [0.5, 0.6) is 5.75 Å². The minimum absolute atomic E-state index is 0.682. The molecule has 3 N–H and O–H groups in total. The Morgan fingerprint density at radius 3 is 2.84 bits per heavy atom. The molecule has 5 heteroatoms. The van der Waals surface area contributed by atoms with E-state index in [2.05, 4.69) is 17.3 Å². The molecule has 2 rings (SSSR count). The molecule has 5 nitrogen and oxygen atoms in total. The van der Waals surface area contributed by atoms with Crippen LogP contribution < -0.4 is 15.8 Å². The molecule has 0 amide bonds. The molecule has 19 heavy (non-hydrogen) atoms. The first kappa shape index (κ1) is 13.3. The lowest BCUT2D eigenvalue weighted by Gasteiger charge is -2.10. The Bertz CT molecular complexity index is 563. The summed E-state index contributed by atoms with van der Waals surface area (Å²) in [5, 5.41) is 7.75. The maximum absolute atomic E-state index is 5.97. The second-order valence-corrected chi connectivity index (χ2v) is 4.43. The van der Waals surface area contributed by atoms with Gasteiger partial charge in [0.15, 0.2) is 0 Å². The summed E-state index contributed by atoms with van der Waals surface area (Å²) in [5.74, 6) is 0.763. The molecule has 0 spiro atoms. The highest BCUT2D eigenvalue weighted by atomic mass is 16.5. The SMILES string of the molecule is CCc1nn(C)cc1CNc1ccc(OC)cc1N. The lowest BCUT2D eigenvalue weighted by Crippen LogP contribution is -2.03. The van der Waals surface area contributed by atoms with Gasteiger partial charge in [-0.15, -0.1) is 0 Å². The smallest absolute Gasteiger partial charge is 0.121 e. The van der Waals surface area contributed by atoms with Crippen LogP contribution in [0.4, 0.5) is 11.4 Å². The highest BCUT2D eigenvalue weighted by Gasteiger charge is 2.07. The molecule has 0 unspecified atom stereocenters. The summed E-state index contributed by atoms with van der Waals surface area (Å²) >= 11 is 0. The van der Waals surface area contributed by atoms with E-state index in [0.717, 1.165) is 23.6 Å². The largest absolute Gasteiger partial charge is 0.497 e. The van der Waals surface area contributed by atoms with Crippen molar-refractivity contribution in [2.75, 3.05) is 18.2 Å². The van der Waals surface area contributed by atoms with Crippen molar-refractivity contribution < 1.29 is 4.74 Å². The van der Waals surface area contributed by atoms with Crippen LogP contribution in [0.1, 0.15) is 18.2 Å². The fourth-order valence-electron chi connectivity index (χ4n) is 2.05. The molecule has 0 aliphatic rings. The van der Waals surface area contributed by atoms with Gasteiger partial charge >= 0.3 is 0 Å². The molecule has 102 valence electrons. The fraction of sp³-hybridized carbons (Fsp3) is 0.357. The number of nitrogens with two attached hydrogens (primary N) is 1. The molecule has 0 radical (unpaired) electrons. The van der Waals surface area contributed by atoms with Crippen LogP contribution >= 0.6 is 0 Å². The second kappa shape index (κ2) is 5.65. The number of nitrogens with zero attached hydrogens (tertiary/aromatic N) is 2. The quantitative estimate of drug-likeness (QED) is 0.809. The number of nitrogens with one attached hydrogen (secondary N) is 1. The summed E-state index contributed by atoms with van der Waals surface area (Å²) in [6.07, 6.45) is 2.96. The Morgan fingerprint density at radius 1 is 1.42 bits per heavy atom. The van der Waals surface area contributed by atoms with E-state index >= 15 is 0 Å². The molecule has 0 aliphatic heterocycles. The number of anilines is 2. The van der Waals surface area contributed by atoms with Gasteiger partial charge in [-0.2, -0.15) is 5.10 Å². The predicted molar refractivity (Wildman–Crippen MR) is 77.3 cm³/mol. The number of aryl methyl sites for hydroxylation is 2. The van der Waals surface area contributed by atoms with Crippen LogP contribution in [0.25, 0.3) is 0 Å². The molecule has 1 aromatic heterocycles. The van der Waals surface area contributed by atoms with Gasteiger partial charge in [-0.05, 0) is 18.6 Å². The zero-order chi connectivity index (χ0) is 13.8. The van der Waals surface area contributed by atoms with Crippen LogP contribution in [0, 0.1) is 0 Å². The average Bonchev–Trinajstić information content (AvgIpc) is 2.77. The summed E-state index contributed by atoms with van der Waals surface area (Å²) in [6.45, 7) is 2.82. The molecule has 1 aromatic carbocycles. The van der Waals surface area contributed by atoms with Crippen molar-refractivity contribution in [1.82, 2.24) is 9.78 Å². The fourth-order valence-corrected chi connectivity index (χ4v) is 2.05. The molecule has 2 aromatic rings. The summed E-state index contributed by atoms with van der Waals surface area (Å²) in [7, 11) is 3.56. The van der Waals surface area contributed by atoms with Crippen molar-refractivity contribution in [2.24, 2.45) is 7.05 Å². The monoisotopic (exact) mass is 260 g/mol. The molecular weight excluding hydrogens is 240 g/mol. The normalized spacial score (nSPS) is 10.5. The Hall–Kier alpha value is -2.17. The van der Waals surface area contributed by atoms with Gasteiger partial charge in [0.2, 0.25) is 0 Å². The Balaban J connectivity index is 2.09. The van der Waals surface area contributed by atoms with E-state index in [9.17, 15) is 0 Å². The molecule has 0 atom stereocenters. The molecular formula is C14H20N4O. The maximum Gasteiger partial charge on any atom is 0.121 e. The Labute approximate surface area is 113 Å². The number of rotatable bonds is 5. The lowest BCUT2D eigenvalue weighted by molar-refractivity contribution is 0.415. The van der Waals surface area contributed by atoms with Gasteiger partial charge in [-0.3, -0.25) is 4.68 Å². The summed E-state index contributed by atoms with van der Waals surface area (Å²) in [5.41, 5.74) is 9.87. The number of nitrogen functional groups attached to an aromatic ring is 1. The number of ether oxygens (including phenoxy) is 1. The molecule has 0 bridgehead atoms. The van der Waals surface area contributed by atoms with Gasteiger partial charge < -0.3 is 15.8 Å². The van der Waals surface area contributed by atoms with Gasteiger partial charge in [0.1, 0.15) is 5.75 Å². The molecule has 0 saturated heterocycles. The first-order valence-corrected chi connectivity index (χ1v) is 6.32. The average molecular weight is 260 g/mol. The molecule has 0 fully saturated rings. The van der Waals surface area contributed by atoms with Crippen molar-refractivity contribution >= 4 is 11.4 Å². The van der Waals surface area contributed by atoms with Crippen LogP contribution in [-0.2, 0) is 20.0 Å². The van der Waals surface area contributed by atoms with E-state index in [0.29, 0.717) is 12.2 Å². The minimum atomic E-state index is 0.682. The van der Waals surface area contributed by atoms with E-state index < -0.39 is 0 Å². The van der Waals surface area contributed by atoms with Crippen LogP contribution in [0.2, 0.25) is 0 Å². The van der Waals surface area contributed by atoms with Gasteiger partial charge in [0, 0.05) is 31.4 Å². The topological polar surface area (TPSA) is 65.1 Å². The van der Waals surface area contributed by atoms with Crippen molar-refractivity contribution in [3.05, 3.63) is 35.7 Å². The number of hydrogen-bond acceptors (Lipinski definition) is 4. The van der Waals surface area contributed by atoms with Crippen molar-refractivity contribution in [3.63, 3.8) is 0 Å². The Kier molecular flexibility index (Phi) is 3.94. The minimum Gasteiger partial charge on any atom is -0.497 e. The van der Waals surface area contributed by atoms with Crippen molar-refractivity contribution in [1.29, 1.82) is 0 Å². The van der Waals surface area contributed by atoms with Gasteiger partial charge in [-0.25, -0.2) is 0 Å². The first-order chi connectivity index (χ1) is 9.13. The van der Waals surface area contributed by atoms with E-state index in [1.807, 2.05) is 36.1 Å². The van der Waals surface area contributed by atoms with Gasteiger partial charge in [-0.1, -0.05) is 6.92 Å². The number of aromatic nitrogens is 2. The summed E-state index contributed by atoms with van der Waals surface area (Å²) in [6, 6.07) is 5.63. The van der Waals surface area contributed by atoms with Crippen molar-refractivity contribution in [3.8, 4) is 5.75 Å². The van der Waals surface area contributed by atoms with Crippen LogP contribution in [0.15, 0.2) is 24.4 Å².